The van der Waals surface area contributed by atoms with E-state index < -0.39 is 0 Å². The first kappa shape index (κ1) is 17.9. The summed E-state index contributed by atoms with van der Waals surface area (Å²) < 4.78 is 3.33. The molecule has 1 amide bonds. The molecule has 0 spiro atoms. The summed E-state index contributed by atoms with van der Waals surface area (Å²) in [6.45, 7) is 1.84. The fourth-order valence-electron chi connectivity index (χ4n) is 3.33. The van der Waals surface area contributed by atoms with Crippen LogP contribution in [0.25, 0.3) is 33.6 Å². The van der Waals surface area contributed by atoms with Crippen LogP contribution in [-0.2, 0) is 0 Å². The van der Waals surface area contributed by atoms with Crippen molar-refractivity contribution < 1.29 is 4.79 Å². The van der Waals surface area contributed by atoms with Crippen molar-refractivity contribution in [3.05, 3.63) is 66.2 Å². The average molecular weight is 398 g/mol. The second-order valence-electron chi connectivity index (χ2n) is 7.15. The molecule has 5 aromatic rings. The number of hydrogen-bond acceptors (Lipinski definition) is 6. The van der Waals surface area contributed by atoms with Gasteiger partial charge in [-0.1, -0.05) is 18.2 Å². The first-order valence-electron chi connectivity index (χ1n) is 9.37. The van der Waals surface area contributed by atoms with Gasteiger partial charge in [0, 0.05) is 31.2 Å². The Bertz CT molecular complexity index is 1420. The van der Waals surface area contributed by atoms with E-state index in [1.807, 2.05) is 55.6 Å². The SMILES string of the molecule is Cc1nnc2ccc(-n3cc(-c4cc(C(=O)N(C)C)c5ccccc5n4)cn3)nn12. The highest BCUT2D eigenvalue weighted by Crippen LogP contribution is 2.26. The normalized spacial score (nSPS) is 11.3. The molecule has 5 rings (SSSR count). The maximum Gasteiger partial charge on any atom is 0.254 e. The molecule has 0 radical (unpaired) electrons. The Morgan fingerprint density at radius 1 is 1.07 bits per heavy atom. The minimum absolute atomic E-state index is 0.0718. The molecule has 0 aliphatic heterocycles. The van der Waals surface area contributed by atoms with Gasteiger partial charge in [0.2, 0.25) is 0 Å². The summed E-state index contributed by atoms with van der Waals surface area (Å²) in [6, 6.07) is 13.1. The first-order valence-corrected chi connectivity index (χ1v) is 9.37. The number of aryl methyl sites for hydroxylation is 1. The van der Waals surface area contributed by atoms with Crippen LogP contribution in [0.3, 0.4) is 0 Å². The number of hydrogen-bond donors (Lipinski definition) is 0. The molecule has 0 saturated carbocycles. The molecule has 0 saturated heterocycles. The highest BCUT2D eigenvalue weighted by molar-refractivity contribution is 6.07. The number of nitrogens with zero attached hydrogens (tertiary/aromatic N) is 8. The maximum absolute atomic E-state index is 12.8. The lowest BCUT2D eigenvalue weighted by Gasteiger charge is -2.13. The smallest absolute Gasteiger partial charge is 0.254 e. The van der Waals surface area contributed by atoms with Gasteiger partial charge >= 0.3 is 0 Å². The zero-order valence-electron chi connectivity index (χ0n) is 16.7. The summed E-state index contributed by atoms with van der Waals surface area (Å²) in [6.07, 6.45) is 3.56. The van der Waals surface area contributed by atoms with Gasteiger partial charge in [0.15, 0.2) is 17.3 Å². The zero-order chi connectivity index (χ0) is 20.8. The van der Waals surface area contributed by atoms with Crippen molar-refractivity contribution >= 4 is 22.5 Å². The fourth-order valence-corrected chi connectivity index (χ4v) is 3.33. The van der Waals surface area contributed by atoms with E-state index in [1.165, 1.54) is 0 Å². The Labute approximate surface area is 171 Å². The number of carbonyl (C=O) groups is 1. The third-order valence-corrected chi connectivity index (χ3v) is 4.87. The number of amides is 1. The van der Waals surface area contributed by atoms with Crippen LogP contribution in [-0.4, -0.2) is 59.5 Å². The van der Waals surface area contributed by atoms with Crippen molar-refractivity contribution in [3.8, 4) is 17.1 Å². The van der Waals surface area contributed by atoms with E-state index in [4.69, 9.17) is 4.98 Å². The molecule has 1 aromatic carbocycles. The van der Waals surface area contributed by atoms with Gasteiger partial charge in [-0.15, -0.1) is 15.3 Å². The molecular weight excluding hydrogens is 380 g/mol. The van der Waals surface area contributed by atoms with E-state index in [2.05, 4.69) is 20.4 Å². The minimum atomic E-state index is -0.0718. The van der Waals surface area contributed by atoms with Crippen LogP contribution in [0.2, 0.25) is 0 Å². The fraction of sp³-hybridized carbons (Fsp3) is 0.143. The Morgan fingerprint density at radius 3 is 2.73 bits per heavy atom. The molecule has 0 aliphatic rings. The van der Waals surface area contributed by atoms with Crippen LogP contribution < -0.4 is 0 Å². The van der Waals surface area contributed by atoms with Gasteiger partial charge in [-0.05, 0) is 31.2 Å². The average Bonchev–Trinajstić information content (AvgIpc) is 3.39. The molecule has 0 bridgehead atoms. The highest BCUT2D eigenvalue weighted by atomic mass is 16.2. The number of aromatic nitrogens is 7. The molecule has 0 atom stereocenters. The number of rotatable bonds is 3. The van der Waals surface area contributed by atoms with Crippen LogP contribution in [0.15, 0.2) is 54.9 Å². The predicted octanol–water partition coefficient (Wildman–Crippen LogP) is 2.54. The molecule has 0 unspecified atom stereocenters. The van der Waals surface area contributed by atoms with Gasteiger partial charge in [0.25, 0.3) is 5.91 Å². The standard InChI is InChI=1S/C21H18N8O/c1-13-24-25-19-8-9-20(26-29(13)19)28-12-14(11-22-28)18-10-16(21(30)27(2)3)15-6-4-5-7-17(15)23-18/h4-12H,1-3H3. The summed E-state index contributed by atoms with van der Waals surface area (Å²) in [4.78, 5) is 19.1. The van der Waals surface area contributed by atoms with Gasteiger partial charge in [-0.25, -0.2) is 9.67 Å². The Balaban J connectivity index is 1.62. The molecule has 4 aromatic heterocycles. The summed E-state index contributed by atoms with van der Waals surface area (Å²) in [5.41, 5.74) is 3.50. The van der Waals surface area contributed by atoms with E-state index in [-0.39, 0.29) is 5.91 Å². The number of fused-ring (bicyclic) bond motifs is 2. The number of carbonyl (C=O) groups excluding carboxylic acids is 1. The molecule has 9 nitrogen and oxygen atoms in total. The largest absolute Gasteiger partial charge is 0.345 e. The second-order valence-corrected chi connectivity index (χ2v) is 7.15. The Hall–Kier alpha value is -4.14. The van der Waals surface area contributed by atoms with E-state index in [0.717, 1.165) is 16.5 Å². The maximum atomic E-state index is 12.8. The monoisotopic (exact) mass is 398 g/mol. The molecule has 4 heterocycles. The van der Waals surface area contributed by atoms with Crippen molar-refractivity contribution in [2.75, 3.05) is 14.1 Å². The van der Waals surface area contributed by atoms with Crippen LogP contribution >= 0.6 is 0 Å². The van der Waals surface area contributed by atoms with E-state index in [9.17, 15) is 4.79 Å². The molecule has 0 fully saturated rings. The number of benzene rings is 1. The van der Waals surface area contributed by atoms with Crippen LogP contribution in [0, 0.1) is 6.92 Å². The molecular formula is C21H18N8O. The van der Waals surface area contributed by atoms with Crippen molar-refractivity contribution in [2.45, 2.75) is 6.92 Å². The molecule has 0 N–H and O–H groups in total. The van der Waals surface area contributed by atoms with Gasteiger partial charge in [0.1, 0.15) is 0 Å². The summed E-state index contributed by atoms with van der Waals surface area (Å²) in [5.74, 6) is 1.25. The summed E-state index contributed by atoms with van der Waals surface area (Å²) in [7, 11) is 3.48. The van der Waals surface area contributed by atoms with Gasteiger partial charge in [-0.3, -0.25) is 4.79 Å². The molecule has 148 valence electrons. The van der Waals surface area contributed by atoms with Crippen LogP contribution in [0.1, 0.15) is 16.2 Å². The lowest BCUT2D eigenvalue weighted by molar-refractivity contribution is 0.0829. The molecule has 0 aliphatic carbocycles. The lowest BCUT2D eigenvalue weighted by atomic mass is 10.0. The minimum Gasteiger partial charge on any atom is -0.345 e. The van der Waals surface area contributed by atoms with Crippen molar-refractivity contribution in [3.63, 3.8) is 0 Å². The zero-order valence-corrected chi connectivity index (χ0v) is 16.7. The lowest BCUT2D eigenvalue weighted by Crippen LogP contribution is -2.22. The highest BCUT2D eigenvalue weighted by Gasteiger charge is 2.16. The summed E-state index contributed by atoms with van der Waals surface area (Å²) in [5, 5.41) is 17.9. The molecule has 30 heavy (non-hydrogen) atoms. The van der Waals surface area contributed by atoms with E-state index >= 15 is 0 Å². The number of pyridine rings is 1. The predicted molar refractivity (Wildman–Crippen MR) is 111 cm³/mol. The van der Waals surface area contributed by atoms with Crippen molar-refractivity contribution in [1.82, 2.24) is 39.5 Å². The van der Waals surface area contributed by atoms with Crippen molar-refractivity contribution in [2.24, 2.45) is 0 Å². The second kappa shape index (κ2) is 6.73. The van der Waals surface area contributed by atoms with E-state index in [0.29, 0.717) is 28.5 Å². The Kier molecular flexibility index (Phi) is 4.02. The topological polar surface area (TPSA) is 94.1 Å². The van der Waals surface area contributed by atoms with E-state index in [1.54, 1.807) is 34.4 Å². The third kappa shape index (κ3) is 2.87. The quantitative estimate of drug-likeness (QED) is 0.464. The number of para-hydroxylation sites is 1. The summed E-state index contributed by atoms with van der Waals surface area (Å²) >= 11 is 0. The van der Waals surface area contributed by atoms with Crippen LogP contribution in [0.5, 0.6) is 0 Å². The third-order valence-electron chi connectivity index (χ3n) is 4.87. The van der Waals surface area contributed by atoms with Gasteiger partial charge < -0.3 is 4.90 Å². The van der Waals surface area contributed by atoms with Crippen LogP contribution in [0.4, 0.5) is 0 Å². The first-order chi connectivity index (χ1) is 14.5. The van der Waals surface area contributed by atoms with Gasteiger partial charge in [-0.2, -0.15) is 9.61 Å². The Morgan fingerprint density at radius 2 is 1.90 bits per heavy atom. The molecule has 9 heteroatoms. The van der Waals surface area contributed by atoms with Crippen molar-refractivity contribution in [1.29, 1.82) is 0 Å². The van der Waals surface area contributed by atoms with Gasteiger partial charge in [0.05, 0.1) is 23.0 Å².